The van der Waals surface area contributed by atoms with Crippen molar-refractivity contribution in [1.29, 1.82) is 0 Å². The fourth-order valence-corrected chi connectivity index (χ4v) is 3.72. The number of hydrogen-bond donors (Lipinski definition) is 0. The monoisotopic (exact) mass is 588 g/mol. The molecule has 0 spiro atoms. The molecule has 1 heterocycles. The molecule has 0 amide bonds. The third kappa shape index (κ3) is 7.78. The van der Waals surface area contributed by atoms with E-state index in [2.05, 4.69) is 15.9 Å². The van der Waals surface area contributed by atoms with Crippen molar-refractivity contribution in [3.05, 3.63) is 28.0 Å². The lowest BCUT2D eigenvalue weighted by Crippen LogP contribution is -2.63. The highest BCUT2D eigenvalue weighted by molar-refractivity contribution is 9.10. The third-order valence-electron chi connectivity index (χ3n) is 4.50. The van der Waals surface area contributed by atoms with Gasteiger partial charge in [-0.2, -0.15) is 13.2 Å². The molecule has 1 aromatic carbocycles. The van der Waals surface area contributed by atoms with Crippen molar-refractivity contribution in [3.8, 4) is 5.75 Å². The molecule has 1 aromatic rings. The highest BCUT2D eigenvalue weighted by Crippen LogP contribution is 2.41. The smallest absolute Gasteiger partial charge is 0.420 e. The molecule has 0 aliphatic carbocycles. The summed E-state index contributed by atoms with van der Waals surface area (Å²) < 4.78 is 86.3. The summed E-state index contributed by atoms with van der Waals surface area (Å²) in [5, 5.41) is 0. The van der Waals surface area contributed by atoms with E-state index < -0.39 is 84.5 Å². The van der Waals surface area contributed by atoms with Gasteiger partial charge in [0.2, 0.25) is 12.4 Å². The maximum Gasteiger partial charge on any atom is 0.420 e. The molecule has 1 fully saturated rings. The second-order valence-electron chi connectivity index (χ2n) is 7.45. The number of carbonyl (C=O) groups excluding carboxylic acids is 4. The summed E-state index contributed by atoms with van der Waals surface area (Å²) in [6.07, 6.45) is -13.7. The van der Waals surface area contributed by atoms with Crippen molar-refractivity contribution in [3.63, 3.8) is 0 Å². The van der Waals surface area contributed by atoms with Crippen molar-refractivity contribution >= 4 is 39.8 Å². The van der Waals surface area contributed by atoms with Gasteiger partial charge in [-0.05, 0) is 12.1 Å². The van der Waals surface area contributed by atoms with Crippen LogP contribution in [0.4, 0.5) is 17.6 Å². The summed E-state index contributed by atoms with van der Waals surface area (Å²) in [7, 11) is 0. The topological polar surface area (TPSA) is 124 Å². The van der Waals surface area contributed by atoms with Gasteiger partial charge in [0.15, 0.2) is 23.8 Å². The Kier molecular flexibility index (Phi) is 9.65. The van der Waals surface area contributed by atoms with Gasteiger partial charge in [0.1, 0.15) is 18.3 Å². The number of rotatable bonds is 7. The molecule has 0 bridgehead atoms. The van der Waals surface area contributed by atoms with Crippen molar-refractivity contribution in [2.24, 2.45) is 0 Å². The lowest BCUT2D eigenvalue weighted by molar-refractivity contribution is -0.289. The Balaban J connectivity index is 2.62. The van der Waals surface area contributed by atoms with Gasteiger partial charge in [0, 0.05) is 32.2 Å². The van der Waals surface area contributed by atoms with Crippen molar-refractivity contribution in [2.45, 2.75) is 64.6 Å². The predicted molar refractivity (Wildman–Crippen MR) is 112 cm³/mol. The van der Waals surface area contributed by atoms with Gasteiger partial charge in [-0.15, -0.1) is 0 Å². The Morgan fingerprint density at radius 1 is 0.889 bits per heavy atom. The minimum Gasteiger partial charge on any atom is -0.463 e. The van der Waals surface area contributed by atoms with Crippen LogP contribution in [0.25, 0.3) is 0 Å². The van der Waals surface area contributed by atoms with Gasteiger partial charge < -0.3 is 28.4 Å². The molecule has 0 radical (unpaired) electrons. The van der Waals surface area contributed by atoms with Gasteiger partial charge >= 0.3 is 30.1 Å². The van der Waals surface area contributed by atoms with Gasteiger partial charge in [-0.1, -0.05) is 15.9 Å². The van der Waals surface area contributed by atoms with Gasteiger partial charge in [-0.3, -0.25) is 19.2 Å². The molecule has 0 saturated carbocycles. The second kappa shape index (κ2) is 11.9. The van der Waals surface area contributed by atoms with E-state index in [1.807, 2.05) is 0 Å². The van der Waals surface area contributed by atoms with Crippen molar-refractivity contribution in [2.75, 3.05) is 6.61 Å². The van der Waals surface area contributed by atoms with Gasteiger partial charge in [0.25, 0.3) is 0 Å². The number of ether oxygens (including phenoxy) is 6. The molecular formula is C21H21BrF4O10. The summed E-state index contributed by atoms with van der Waals surface area (Å²) in [5.41, 5.74) is -1.54. The number of alkyl halides is 3. The van der Waals surface area contributed by atoms with Crippen LogP contribution in [0, 0.1) is 5.82 Å². The minimum atomic E-state index is -5.09. The van der Waals surface area contributed by atoms with Crippen molar-refractivity contribution < 1.29 is 65.2 Å². The Morgan fingerprint density at radius 3 is 1.92 bits per heavy atom. The molecule has 15 heteroatoms. The second-order valence-corrected chi connectivity index (χ2v) is 8.36. The number of halogens is 5. The molecule has 1 aliphatic rings. The molecular weight excluding hydrogens is 568 g/mol. The van der Waals surface area contributed by atoms with Crippen LogP contribution >= 0.6 is 15.9 Å². The number of carbonyl (C=O) groups is 4. The normalized spacial score (nSPS) is 23.9. The van der Waals surface area contributed by atoms with Crippen LogP contribution < -0.4 is 4.74 Å². The first kappa shape index (κ1) is 29.3. The Hall–Kier alpha value is -2.94. The molecule has 1 saturated heterocycles. The Labute approximate surface area is 210 Å². The summed E-state index contributed by atoms with van der Waals surface area (Å²) in [5.74, 6) is -6.46. The third-order valence-corrected chi connectivity index (χ3v) is 4.95. The van der Waals surface area contributed by atoms with Crippen LogP contribution in [-0.4, -0.2) is 61.2 Å². The first-order chi connectivity index (χ1) is 16.6. The van der Waals surface area contributed by atoms with Crippen LogP contribution in [0.1, 0.15) is 33.3 Å². The van der Waals surface area contributed by atoms with Crippen LogP contribution in [0.15, 0.2) is 16.6 Å². The van der Waals surface area contributed by atoms with Crippen LogP contribution in [0.3, 0.4) is 0 Å². The molecule has 36 heavy (non-hydrogen) atoms. The van der Waals surface area contributed by atoms with E-state index in [0.717, 1.165) is 27.7 Å². The average molecular weight is 589 g/mol. The molecule has 10 nitrogen and oxygen atoms in total. The minimum absolute atomic E-state index is 0.249. The molecule has 1 aliphatic heterocycles. The summed E-state index contributed by atoms with van der Waals surface area (Å²) in [4.78, 5) is 46.7. The zero-order valence-electron chi connectivity index (χ0n) is 19.2. The van der Waals surface area contributed by atoms with Crippen LogP contribution in [0.2, 0.25) is 0 Å². The standard InChI is InChI=1S/C21H21BrF4O10/c1-8(27)31-7-15-17(32-9(2)28)18(33-10(3)29)19(34-11(4)30)20(35-15)36-16-13(21(24,25)26)5-12(22)6-14(16)23/h5-6,15,17-20H,7H2,1-4H3/t15-,17-,18+,19+,20-/m1/s1. The quantitative estimate of drug-likeness (QED) is 0.266. The fraction of sp³-hybridized carbons (Fsp3) is 0.524. The van der Waals surface area contributed by atoms with Crippen molar-refractivity contribution in [1.82, 2.24) is 0 Å². The molecule has 0 aromatic heterocycles. The van der Waals surface area contributed by atoms with E-state index in [0.29, 0.717) is 12.1 Å². The van der Waals surface area contributed by atoms with Crippen LogP contribution in [-0.2, 0) is 49.0 Å². The predicted octanol–water partition coefficient (Wildman–Crippen LogP) is 3.07. The van der Waals surface area contributed by atoms with E-state index in [-0.39, 0.29) is 4.47 Å². The number of hydrogen-bond acceptors (Lipinski definition) is 10. The lowest BCUT2D eigenvalue weighted by atomic mass is 9.98. The largest absolute Gasteiger partial charge is 0.463 e. The maximum absolute atomic E-state index is 14.7. The maximum atomic E-state index is 14.7. The average Bonchev–Trinajstić information content (AvgIpc) is 2.70. The zero-order valence-corrected chi connectivity index (χ0v) is 20.8. The zero-order chi connectivity index (χ0) is 27.4. The van der Waals surface area contributed by atoms with E-state index in [9.17, 15) is 36.7 Å². The number of benzene rings is 1. The Morgan fingerprint density at radius 2 is 1.42 bits per heavy atom. The molecule has 0 N–H and O–H groups in total. The van der Waals surface area contributed by atoms with E-state index in [4.69, 9.17) is 28.4 Å². The first-order valence-corrected chi connectivity index (χ1v) is 10.9. The van der Waals surface area contributed by atoms with Gasteiger partial charge in [-0.25, -0.2) is 4.39 Å². The van der Waals surface area contributed by atoms with Gasteiger partial charge in [0.05, 0.1) is 0 Å². The van der Waals surface area contributed by atoms with E-state index in [1.165, 1.54) is 0 Å². The van der Waals surface area contributed by atoms with E-state index >= 15 is 0 Å². The summed E-state index contributed by atoms with van der Waals surface area (Å²) >= 11 is 2.77. The molecule has 0 unspecified atom stereocenters. The molecule has 2 rings (SSSR count). The highest BCUT2D eigenvalue weighted by atomic mass is 79.9. The Bertz CT molecular complexity index is 1020. The first-order valence-electron chi connectivity index (χ1n) is 10.1. The fourth-order valence-electron chi connectivity index (χ4n) is 3.29. The highest BCUT2D eigenvalue weighted by Gasteiger charge is 2.54. The molecule has 5 atom stereocenters. The summed E-state index contributed by atoms with van der Waals surface area (Å²) in [6, 6.07) is 1.24. The molecule has 200 valence electrons. The summed E-state index contributed by atoms with van der Waals surface area (Å²) in [6.45, 7) is 3.26. The van der Waals surface area contributed by atoms with E-state index in [1.54, 1.807) is 0 Å². The van der Waals surface area contributed by atoms with Crippen LogP contribution in [0.5, 0.6) is 5.75 Å². The SMILES string of the molecule is CC(=O)OC[C@H]1O[C@H](Oc2c(F)cc(Br)cc2C(F)(F)F)[C@@H](OC(C)=O)[C@@H](OC(C)=O)[C@@H]1OC(C)=O. The number of esters is 4. The lowest BCUT2D eigenvalue weighted by Gasteiger charge is -2.44.